The molecule has 98 valence electrons. The molecule has 1 saturated heterocycles. The van der Waals surface area contributed by atoms with Crippen LogP contribution >= 0.6 is 23.1 Å². The highest BCUT2D eigenvalue weighted by atomic mass is 32.2. The molecule has 0 atom stereocenters. The second kappa shape index (κ2) is 4.53. The van der Waals surface area contributed by atoms with Gasteiger partial charge in [-0.1, -0.05) is 25.2 Å². The minimum Gasteiger partial charge on any atom is -0.346 e. The van der Waals surface area contributed by atoms with Crippen LogP contribution in [0.15, 0.2) is 0 Å². The van der Waals surface area contributed by atoms with E-state index in [2.05, 4.69) is 18.7 Å². The molecule has 2 aliphatic rings. The Hall–Kier alpha value is -0.550. The molecule has 0 spiro atoms. The first kappa shape index (κ1) is 12.5. The topological polar surface area (TPSA) is 33.2 Å². The molecule has 0 bridgehead atoms. The average molecular weight is 282 g/mol. The van der Waals surface area contributed by atoms with Crippen molar-refractivity contribution in [2.45, 2.75) is 26.7 Å². The highest BCUT2D eigenvalue weighted by Crippen LogP contribution is 2.39. The number of nitrogens with zero attached hydrogens (tertiary/aromatic N) is 2. The Balaban J connectivity index is 1.90. The number of thioether (sulfide) groups is 1. The van der Waals surface area contributed by atoms with Gasteiger partial charge in [0, 0.05) is 31.0 Å². The molecular weight excluding hydrogens is 264 g/mol. The number of anilines is 1. The molecule has 1 fully saturated rings. The van der Waals surface area contributed by atoms with Crippen LogP contribution in [0.25, 0.3) is 0 Å². The summed E-state index contributed by atoms with van der Waals surface area (Å²) < 4.78 is 0. The zero-order chi connectivity index (χ0) is 12.8. The van der Waals surface area contributed by atoms with Gasteiger partial charge < -0.3 is 4.90 Å². The first-order valence-corrected chi connectivity index (χ1v) is 8.38. The van der Waals surface area contributed by atoms with Gasteiger partial charge in [-0.15, -0.1) is 0 Å². The Kier molecular flexibility index (Phi) is 3.14. The van der Waals surface area contributed by atoms with E-state index in [4.69, 9.17) is 4.98 Å². The van der Waals surface area contributed by atoms with Crippen molar-refractivity contribution in [3.05, 3.63) is 10.6 Å². The van der Waals surface area contributed by atoms with Crippen LogP contribution in [-0.4, -0.2) is 35.4 Å². The minimum atomic E-state index is 0.0766. The lowest BCUT2D eigenvalue weighted by Crippen LogP contribution is -2.32. The number of aromatic nitrogens is 1. The van der Waals surface area contributed by atoms with Gasteiger partial charge in [-0.25, -0.2) is 4.98 Å². The molecule has 1 aliphatic heterocycles. The molecule has 0 saturated carbocycles. The Morgan fingerprint density at radius 1 is 1.22 bits per heavy atom. The van der Waals surface area contributed by atoms with E-state index in [0.717, 1.165) is 35.2 Å². The molecule has 1 aliphatic carbocycles. The highest BCUT2D eigenvalue weighted by Gasteiger charge is 2.34. The summed E-state index contributed by atoms with van der Waals surface area (Å²) in [6, 6.07) is 0. The summed E-state index contributed by atoms with van der Waals surface area (Å²) in [5.41, 5.74) is 1.11. The summed E-state index contributed by atoms with van der Waals surface area (Å²) in [7, 11) is 0. The van der Waals surface area contributed by atoms with Crippen molar-refractivity contribution in [1.29, 1.82) is 0 Å². The maximum atomic E-state index is 12.1. The van der Waals surface area contributed by atoms with Gasteiger partial charge in [0.05, 0.1) is 10.6 Å². The fourth-order valence-electron chi connectivity index (χ4n) is 2.60. The molecule has 1 aromatic heterocycles. The Morgan fingerprint density at radius 3 is 2.67 bits per heavy atom. The fraction of sp³-hybridized carbons (Fsp3) is 0.692. The molecular formula is C13H18N2OS2. The largest absolute Gasteiger partial charge is 0.346 e. The van der Waals surface area contributed by atoms with Crippen LogP contribution in [0.1, 0.15) is 35.6 Å². The minimum absolute atomic E-state index is 0.0766. The Morgan fingerprint density at radius 2 is 1.94 bits per heavy atom. The van der Waals surface area contributed by atoms with Gasteiger partial charge in [0.15, 0.2) is 10.9 Å². The maximum Gasteiger partial charge on any atom is 0.186 e. The van der Waals surface area contributed by atoms with E-state index < -0.39 is 0 Å². The summed E-state index contributed by atoms with van der Waals surface area (Å²) in [4.78, 5) is 20.1. The van der Waals surface area contributed by atoms with E-state index in [1.807, 2.05) is 11.8 Å². The van der Waals surface area contributed by atoms with Crippen LogP contribution in [0.5, 0.6) is 0 Å². The van der Waals surface area contributed by atoms with E-state index in [9.17, 15) is 4.79 Å². The molecule has 18 heavy (non-hydrogen) atoms. The van der Waals surface area contributed by atoms with E-state index in [1.165, 1.54) is 11.5 Å². The monoisotopic (exact) mass is 282 g/mol. The first-order chi connectivity index (χ1) is 8.55. The number of thiazole rings is 1. The number of hydrogen-bond donors (Lipinski definition) is 0. The summed E-state index contributed by atoms with van der Waals surface area (Å²) in [6.45, 7) is 6.44. The third kappa shape index (κ3) is 2.30. The normalized spacial score (nSPS) is 23.0. The smallest absolute Gasteiger partial charge is 0.186 e. The van der Waals surface area contributed by atoms with Crippen molar-refractivity contribution in [1.82, 2.24) is 4.98 Å². The van der Waals surface area contributed by atoms with Crippen LogP contribution in [-0.2, 0) is 6.42 Å². The number of fused-ring (bicyclic) bond motifs is 1. The molecule has 0 aromatic carbocycles. The van der Waals surface area contributed by atoms with Gasteiger partial charge in [0.1, 0.15) is 0 Å². The Bertz CT molecular complexity index is 475. The SMILES string of the molecule is CC1(C)CC(=O)c2sc(N3CCSCC3)nc2C1. The van der Waals surface area contributed by atoms with Crippen molar-refractivity contribution in [3.63, 3.8) is 0 Å². The molecule has 2 heterocycles. The quantitative estimate of drug-likeness (QED) is 0.793. The molecule has 0 radical (unpaired) electrons. The van der Waals surface area contributed by atoms with Gasteiger partial charge in [-0.05, 0) is 11.8 Å². The lowest BCUT2D eigenvalue weighted by Gasteiger charge is -2.27. The highest BCUT2D eigenvalue weighted by molar-refractivity contribution is 7.99. The molecule has 3 rings (SSSR count). The number of ketones is 1. The Labute approximate surface area is 116 Å². The van der Waals surface area contributed by atoms with Crippen LogP contribution in [0.3, 0.4) is 0 Å². The predicted molar refractivity (Wildman–Crippen MR) is 78.1 cm³/mol. The van der Waals surface area contributed by atoms with Crippen LogP contribution < -0.4 is 4.90 Å². The van der Waals surface area contributed by atoms with Crippen molar-refractivity contribution < 1.29 is 4.79 Å². The number of carbonyl (C=O) groups is 1. The van der Waals surface area contributed by atoms with Crippen LogP contribution in [0.4, 0.5) is 5.13 Å². The van der Waals surface area contributed by atoms with Crippen LogP contribution in [0, 0.1) is 5.41 Å². The number of carbonyl (C=O) groups excluding carboxylic acids is 1. The zero-order valence-corrected chi connectivity index (χ0v) is 12.5. The summed E-state index contributed by atoms with van der Waals surface area (Å²) in [6.07, 6.45) is 1.60. The second-order valence-electron chi connectivity index (χ2n) is 5.81. The summed E-state index contributed by atoms with van der Waals surface area (Å²) in [5.74, 6) is 2.63. The molecule has 1 aromatic rings. The van der Waals surface area contributed by atoms with Crippen molar-refractivity contribution in [3.8, 4) is 0 Å². The molecule has 0 amide bonds. The second-order valence-corrected chi connectivity index (χ2v) is 8.01. The average Bonchev–Trinajstić information content (AvgIpc) is 2.72. The third-order valence-corrected chi connectivity index (χ3v) is 5.65. The molecule has 0 unspecified atom stereocenters. The third-order valence-electron chi connectivity index (χ3n) is 3.51. The van der Waals surface area contributed by atoms with Crippen molar-refractivity contribution in [2.24, 2.45) is 5.41 Å². The zero-order valence-electron chi connectivity index (χ0n) is 10.9. The number of rotatable bonds is 1. The van der Waals surface area contributed by atoms with E-state index >= 15 is 0 Å². The van der Waals surface area contributed by atoms with Crippen molar-refractivity contribution >= 4 is 34.0 Å². The standard InChI is InChI=1S/C13H18N2OS2/c1-13(2)7-9-11(10(16)8-13)18-12(14-9)15-3-5-17-6-4-15/h3-8H2,1-2H3. The van der Waals surface area contributed by atoms with Gasteiger partial charge in [0.2, 0.25) is 0 Å². The number of hydrogen-bond acceptors (Lipinski definition) is 5. The van der Waals surface area contributed by atoms with E-state index in [-0.39, 0.29) is 11.2 Å². The van der Waals surface area contributed by atoms with Crippen LogP contribution in [0.2, 0.25) is 0 Å². The van der Waals surface area contributed by atoms with E-state index in [1.54, 1.807) is 11.3 Å². The van der Waals surface area contributed by atoms with Gasteiger partial charge in [-0.2, -0.15) is 11.8 Å². The lowest BCUT2D eigenvalue weighted by molar-refractivity contribution is 0.0916. The van der Waals surface area contributed by atoms with Crippen molar-refractivity contribution in [2.75, 3.05) is 29.5 Å². The van der Waals surface area contributed by atoms with E-state index in [0.29, 0.717) is 6.42 Å². The lowest BCUT2D eigenvalue weighted by atomic mass is 9.78. The summed E-state index contributed by atoms with van der Waals surface area (Å²) in [5, 5.41) is 1.06. The first-order valence-electron chi connectivity index (χ1n) is 6.41. The maximum absolute atomic E-state index is 12.1. The van der Waals surface area contributed by atoms with Gasteiger partial charge in [-0.3, -0.25) is 4.79 Å². The van der Waals surface area contributed by atoms with Gasteiger partial charge in [0.25, 0.3) is 0 Å². The van der Waals surface area contributed by atoms with Gasteiger partial charge >= 0.3 is 0 Å². The molecule has 5 heteroatoms. The summed E-state index contributed by atoms with van der Waals surface area (Å²) >= 11 is 3.60. The molecule has 0 N–H and O–H groups in total. The predicted octanol–water partition coefficient (Wildman–Crippen LogP) is 2.85. The molecule has 3 nitrogen and oxygen atoms in total. The fourth-order valence-corrected chi connectivity index (χ4v) is 4.57. The number of Topliss-reactive ketones (excluding diaryl/α,β-unsaturated/α-hetero) is 1.